The molecule has 7 heteroatoms. The van der Waals surface area contributed by atoms with Gasteiger partial charge in [0.05, 0.1) is 12.8 Å². The number of unbranched alkanes of at least 4 members (excludes halogenated alkanes) is 1. The van der Waals surface area contributed by atoms with Crippen LogP contribution in [0.5, 0.6) is 5.75 Å². The molecular formula is C20H32N4O3. The van der Waals surface area contributed by atoms with Crippen LogP contribution < -0.4 is 20.3 Å². The van der Waals surface area contributed by atoms with E-state index < -0.39 is 0 Å². The van der Waals surface area contributed by atoms with Crippen molar-refractivity contribution in [1.29, 1.82) is 0 Å². The zero-order chi connectivity index (χ0) is 19.8. The van der Waals surface area contributed by atoms with E-state index in [0.717, 1.165) is 31.5 Å². The number of anilines is 2. The molecule has 1 aliphatic rings. The average Bonchev–Trinajstić information content (AvgIpc) is 3.06. The molecular weight excluding hydrogens is 344 g/mol. The fraction of sp³-hybridized carbons (Fsp3) is 0.600. The van der Waals surface area contributed by atoms with Gasteiger partial charge in [-0.15, -0.1) is 0 Å². The molecule has 0 unspecified atom stereocenters. The summed E-state index contributed by atoms with van der Waals surface area (Å²) in [4.78, 5) is 28.0. The molecule has 1 saturated heterocycles. The molecule has 1 fully saturated rings. The molecule has 7 nitrogen and oxygen atoms in total. The highest BCUT2D eigenvalue weighted by atomic mass is 16.5. The van der Waals surface area contributed by atoms with Gasteiger partial charge in [-0.3, -0.25) is 4.79 Å². The Morgan fingerprint density at radius 3 is 2.74 bits per heavy atom. The number of nitrogens with zero attached hydrogens (tertiary/aromatic N) is 2. The van der Waals surface area contributed by atoms with E-state index in [4.69, 9.17) is 4.74 Å². The van der Waals surface area contributed by atoms with Crippen molar-refractivity contribution >= 4 is 23.3 Å². The number of ether oxygens (including phenoxy) is 1. The van der Waals surface area contributed by atoms with Gasteiger partial charge >= 0.3 is 6.03 Å². The first kappa shape index (κ1) is 21.0. The smallest absolute Gasteiger partial charge is 0.319 e. The molecule has 0 atom stereocenters. The molecule has 0 aliphatic carbocycles. The van der Waals surface area contributed by atoms with Crippen LogP contribution in [0.2, 0.25) is 0 Å². The van der Waals surface area contributed by atoms with Gasteiger partial charge < -0.3 is 25.2 Å². The van der Waals surface area contributed by atoms with E-state index in [9.17, 15) is 9.59 Å². The summed E-state index contributed by atoms with van der Waals surface area (Å²) in [5, 5.41) is 5.69. The summed E-state index contributed by atoms with van der Waals surface area (Å²) in [5.74, 6) is 0.689. The SMILES string of the molecule is COc1cc(NC(=O)NCCCCN(C)C(C)C)ccc1N1CCCC1=O. The molecule has 0 spiro atoms. The first-order valence-electron chi connectivity index (χ1n) is 9.66. The van der Waals surface area contributed by atoms with Gasteiger partial charge in [-0.2, -0.15) is 0 Å². The third-order valence-electron chi connectivity index (χ3n) is 4.91. The van der Waals surface area contributed by atoms with Gasteiger partial charge in [-0.05, 0) is 58.8 Å². The predicted molar refractivity (Wildman–Crippen MR) is 109 cm³/mol. The second-order valence-corrected chi connectivity index (χ2v) is 7.20. The average molecular weight is 377 g/mol. The van der Waals surface area contributed by atoms with Gasteiger partial charge in [-0.1, -0.05) is 0 Å². The van der Waals surface area contributed by atoms with Crippen LogP contribution >= 0.6 is 0 Å². The Labute approximate surface area is 162 Å². The topological polar surface area (TPSA) is 73.9 Å². The Kier molecular flexibility index (Phi) is 7.91. The van der Waals surface area contributed by atoms with Crippen molar-refractivity contribution in [1.82, 2.24) is 10.2 Å². The van der Waals surface area contributed by atoms with E-state index in [2.05, 4.69) is 36.4 Å². The minimum absolute atomic E-state index is 0.106. The first-order valence-corrected chi connectivity index (χ1v) is 9.66. The quantitative estimate of drug-likeness (QED) is 0.650. The number of rotatable bonds is 9. The van der Waals surface area contributed by atoms with Crippen LogP contribution in [0.15, 0.2) is 18.2 Å². The van der Waals surface area contributed by atoms with E-state index in [1.165, 1.54) is 0 Å². The predicted octanol–water partition coefficient (Wildman–Crippen LogP) is 3.06. The Morgan fingerprint density at radius 2 is 2.11 bits per heavy atom. The Bertz CT molecular complexity index is 648. The van der Waals surface area contributed by atoms with E-state index in [1.54, 1.807) is 24.1 Å². The number of nitrogens with one attached hydrogen (secondary N) is 2. The zero-order valence-electron chi connectivity index (χ0n) is 16.9. The summed E-state index contributed by atoms with van der Waals surface area (Å²) < 4.78 is 5.41. The number of benzene rings is 1. The molecule has 1 heterocycles. The van der Waals surface area contributed by atoms with Crippen LogP contribution in [0, 0.1) is 0 Å². The maximum Gasteiger partial charge on any atom is 0.319 e. The lowest BCUT2D eigenvalue weighted by Crippen LogP contribution is -2.31. The van der Waals surface area contributed by atoms with E-state index in [-0.39, 0.29) is 11.9 Å². The maximum atomic E-state index is 12.1. The van der Waals surface area contributed by atoms with Crippen LogP contribution in [0.4, 0.5) is 16.2 Å². The van der Waals surface area contributed by atoms with Crippen molar-refractivity contribution < 1.29 is 14.3 Å². The Morgan fingerprint density at radius 1 is 1.33 bits per heavy atom. The summed E-state index contributed by atoms with van der Waals surface area (Å²) in [6.07, 6.45) is 3.40. The van der Waals surface area contributed by atoms with Crippen molar-refractivity contribution in [3.8, 4) is 5.75 Å². The molecule has 0 bridgehead atoms. The van der Waals surface area contributed by atoms with E-state index in [0.29, 0.717) is 37.0 Å². The van der Waals surface area contributed by atoms with Crippen molar-refractivity contribution in [2.45, 2.75) is 45.6 Å². The largest absolute Gasteiger partial charge is 0.494 e. The minimum atomic E-state index is -0.237. The molecule has 0 radical (unpaired) electrons. The number of urea groups is 1. The summed E-state index contributed by atoms with van der Waals surface area (Å²) in [6.45, 7) is 6.70. The highest BCUT2D eigenvalue weighted by molar-refractivity contribution is 5.97. The molecule has 1 aliphatic heterocycles. The highest BCUT2D eigenvalue weighted by Crippen LogP contribution is 2.33. The second kappa shape index (κ2) is 10.2. The van der Waals surface area contributed by atoms with Gasteiger partial charge in [0.15, 0.2) is 0 Å². The van der Waals surface area contributed by atoms with Gasteiger partial charge in [-0.25, -0.2) is 4.79 Å². The van der Waals surface area contributed by atoms with Crippen molar-refractivity contribution in [3.63, 3.8) is 0 Å². The first-order chi connectivity index (χ1) is 12.9. The van der Waals surface area contributed by atoms with Crippen LogP contribution in [0.1, 0.15) is 39.5 Å². The summed E-state index contributed by atoms with van der Waals surface area (Å²) >= 11 is 0. The standard InChI is InChI=1S/C20H32N4O3/c1-15(2)23(3)12-6-5-11-21-20(26)22-16-9-10-17(18(14-16)27-4)24-13-7-8-19(24)25/h9-10,14-15H,5-8,11-13H2,1-4H3,(H2,21,22,26). The summed E-state index contributed by atoms with van der Waals surface area (Å²) in [5.41, 5.74) is 1.39. The van der Waals surface area contributed by atoms with Crippen LogP contribution in [-0.4, -0.2) is 56.7 Å². The normalized spacial score (nSPS) is 14.1. The molecule has 2 N–H and O–H groups in total. The lowest BCUT2D eigenvalue weighted by molar-refractivity contribution is -0.117. The lowest BCUT2D eigenvalue weighted by Gasteiger charge is -2.20. The molecule has 0 saturated carbocycles. The Hall–Kier alpha value is -2.28. The summed E-state index contributed by atoms with van der Waals surface area (Å²) in [6, 6.07) is 5.66. The second-order valence-electron chi connectivity index (χ2n) is 7.20. The number of carbonyl (C=O) groups excluding carboxylic acids is 2. The van der Waals surface area contributed by atoms with Crippen LogP contribution in [0.25, 0.3) is 0 Å². The molecule has 1 aromatic carbocycles. The number of methoxy groups -OCH3 is 1. The van der Waals surface area contributed by atoms with Gasteiger partial charge in [0.1, 0.15) is 5.75 Å². The highest BCUT2D eigenvalue weighted by Gasteiger charge is 2.24. The molecule has 2 rings (SSSR count). The monoisotopic (exact) mass is 376 g/mol. The van der Waals surface area contributed by atoms with Crippen LogP contribution in [0.3, 0.4) is 0 Å². The number of amides is 3. The zero-order valence-corrected chi connectivity index (χ0v) is 16.9. The minimum Gasteiger partial charge on any atom is -0.494 e. The third kappa shape index (κ3) is 6.13. The van der Waals surface area contributed by atoms with Gasteiger partial charge in [0.2, 0.25) is 5.91 Å². The Balaban J connectivity index is 1.81. The maximum absolute atomic E-state index is 12.1. The lowest BCUT2D eigenvalue weighted by atomic mass is 10.2. The number of hydrogen-bond acceptors (Lipinski definition) is 4. The molecule has 3 amide bonds. The van der Waals surface area contributed by atoms with Crippen molar-refractivity contribution in [3.05, 3.63) is 18.2 Å². The van der Waals surface area contributed by atoms with Gasteiger partial charge in [0.25, 0.3) is 0 Å². The van der Waals surface area contributed by atoms with Crippen LogP contribution in [-0.2, 0) is 4.79 Å². The van der Waals surface area contributed by atoms with E-state index >= 15 is 0 Å². The summed E-state index contributed by atoms with van der Waals surface area (Å²) in [7, 11) is 3.68. The molecule has 150 valence electrons. The fourth-order valence-corrected chi connectivity index (χ4v) is 3.00. The molecule has 27 heavy (non-hydrogen) atoms. The third-order valence-corrected chi connectivity index (χ3v) is 4.91. The fourth-order valence-electron chi connectivity index (χ4n) is 3.00. The van der Waals surface area contributed by atoms with Crippen molar-refractivity contribution in [2.75, 3.05) is 44.0 Å². The van der Waals surface area contributed by atoms with E-state index in [1.807, 2.05) is 6.07 Å². The molecule has 0 aromatic heterocycles. The van der Waals surface area contributed by atoms with Crippen molar-refractivity contribution in [2.24, 2.45) is 0 Å². The number of carbonyl (C=O) groups is 2. The molecule has 1 aromatic rings. The van der Waals surface area contributed by atoms with Gasteiger partial charge in [0, 0.05) is 37.3 Å². The number of hydrogen-bond donors (Lipinski definition) is 2.